The van der Waals surface area contributed by atoms with E-state index >= 15 is 0 Å². The van der Waals surface area contributed by atoms with Gasteiger partial charge in [0, 0.05) is 0 Å². The van der Waals surface area contributed by atoms with Crippen LogP contribution in [-0.2, 0) is 21.7 Å². The van der Waals surface area contributed by atoms with E-state index in [0.717, 1.165) is 0 Å². The highest BCUT2D eigenvalue weighted by Crippen LogP contribution is 2.46. The summed E-state index contributed by atoms with van der Waals surface area (Å²) in [5, 5.41) is 2.60. The van der Waals surface area contributed by atoms with Crippen LogP contribution in [0.3, 0.4) is 0 Å². The van der Waals surface area contributed by atoms with Crippen LogP contribution in [0.4, 0.5) is 0 Å². The molecule has 0 aromatic heterocycles. The van der Waals surface area contributed by atoms with E-state index in [9.17, 15) is 0 Å². The van der Waals surface area contributed by atoms with Crippen molar-refractivity contribution in [3.63, 3.8) is 0 Å². The Kier molecular flexibility index (Phi) is 9.01. The van der Waals surface area contributed by atoms with Gasteiger partial charge in [0.1, 0.15) is 0 Å². The van der Waals surface area contributed by atoms with Crippen LogP contribution in [0.25, 0.3) is 55.3 Å². The van der Waals surface area contributed by atoms with Crippen molar-refractivity contribution < 1.29 is 0 Å². The zero-order chi connectivity index (χ0) is 36.2. The fourth-order valence-corrected chi connectivity index (χ4v) is 7.06. The second-order valence-electron chi connectivity index (χ2n) is 18.4. The van der Waals surface area contributed by atoms with E-state index in [0.29, 0.717) is 0 Å². The summed E-state index contributed by atoms with van der Waals surface area (Å²) in [7, 11) is 0. The molecule has 0 aliphatic heterocycles. The molecule has 6 aromatic rings. The molecule has 0 amide bonds. The van der Waals surface area contributed by atoms with Gasteiger partial charge in [-0.25, -0.2) is 0 Å². The van der Waals surface area contributed by atoms with E-state index in [1.165, 1.54) is 77.5 Å². The first-order valence-corrected chi connectivity index (χ1v) is 18.4. The lowest BCUT2D eigenvalue weighted by molar-refractivity contribution is 0.590. The predicted molar refractivity (Wildman–Crippen MR) is 220 cm³/mol. The second kappa shape index (κ2) is 12.7. The number of hydrogen-bond donors (Lipinski definition) is 0. The summed E-state index contributed by atoms with van der Waals surface area (Å²) >= 11 is 0. The topological polar surface area (TPSA) is 0 Å². The van der Waals surface area contributed by atoms with Crippen molar-refractivity contribution in [2.45, 2.75) is 105 Å². The Morgan fingerprint density at radius 2 is 0.380 bits per heavy atom. The molecule has 6 aromatic carbocycles. The van der Waals surface area contributed by atoms with Crippen LogP contribution in [-0.4, -0.2) is 0 Å². The molecular formula is C50H56. The van der Waals surface area contributed by atoms with Gasteiger partial charge in [-0.3, -0.25) is 0 Å². The smallest absolute Gasteiger partial charge is 0.00143 e. The third-order valence-corrected chi connectivity index (χ3v) is 10.4. The zero-order valence-electron chi connectivity index (χ0n) is 32.5. The van der Waals surface area contributed by atoms with Crippen molar-refractivity contribution in [3.8, 4) is 44.5 Å². The average Bonchev–Trinajstić information content (AvgIpc) is 3.06. The molecule has 0 spiro atoms. The van der Waals surface area contributed by atoms with Gasteiger partial charge in [0.25, 0.3) is 0 Å². The third-order valence-electron chi connectivity index (χ3n) is 10.4. The van der Waals surface area contributed by atoms with Crippen molar-refractivity contribution in [2.75, 3.05) is 0 Å². The van der Waals surface area contributed by atoms with E-state index in [4.69, 9.17) is 0 Å². The van der Waals surface area contributed by atoms with Gasteiger partial charge in [-0.2, -0.15) is 0 Å². The lowest BCUT2D eigenvalue weighted by atomic mass is 9.81. The first-order valence-electron chi connectivity index (χ1n) is 18.4. The van der Waals surface area contributed by atoms with Gasteiger partial charge in [-0.1, -0.05) is 204 Å². The molecule has 0 bridgehead atoms. The summed E-state index contributed by atoms with van der Waals surface area (Å²) < 4.78 is 0. The van der Waals surface area contributed by atoms with Gasteiger partial charge < -0.3 is 0 Å². The molecule has 6 rings (SSSR count). The first kappa shape index (κ1) is 35.4. The standard InChI is InChI=1S/C50H56/c1-47(2,3)37-21-13-33(14-22-37)41-29-30-43(35-17-25-39(26-18-35)49(7,8)9)46-44(36-19-27-40(28-20-36)50(10,11)12)32-31-42(45(41)46)34-15-23-38(24-16-34)48(4,5)6/h13-32H,1-12H3. The fraction of sp³-hybridized carbons (Fsp3) is 0.320. The molecule has 0 aliphatic carbocycles. The summed E-state index contributed by atoms with van der Waals surface area (Å²) in [6, 6.07) is 46.5. The molecule has 50 heavy (non-hydrogen) atoms. The number of hydrogen-bond acceptors (Lipinski definition) is 0. The van der Waals surface area contributed by atoms with E-state index < -0.39 is 0 Å². The van der Waals surface area contributed by atoms with E-state index in [1.54, 1.807) is 0 Å². The zero-order valence-corrected chi connectivity index (χ0v) is 32.5. The normalized spacial score (nSPS) is 12.8. The van der Waals surface area contributed by atoms with Crippen LogP contribution in [0.2, 0.25) is 0 Å². The number of rotatable bonds is 4. The van der Waals surface area contributed by atoms with E-state index in [-0.39, 0.29) is 21.7 Å². The maximum atomic E-state index is 2.36. The Morgan fingerprint density at radius 3 is 0.520 bits per heavy atom. The Balaban J connectivity index is 1.70. The molecular weight excluding hydrogens is 601 g/mol. The number of fused-ring (bicyclic) bond motifs is 1. The first-order chi connectivity index (χ1) is 23.3. The van der Waals surface area contributed by atoms with Gasteiger partial charge in [0.05, 0.1) is 0 Å². The summed E-state index contributed by atoms with van der Waals surface area (Å²) in [4.78, 5) is 0. The molecule has 0 radical (unpaired) electrons. The monoisotopic (exact) mass is 656 g/mol. The van der Waals surface area contributed by atoms with Crippen LogP contribution in [0.15, 0.2) is 121 Å². The Morgan fingerprint density at radius 1 is 0.220 bits per heavy atom. The van der Waals surface area contributed by atoms with Gasteiger partial charge >= 0.3 is 0 Å². The molecule has 0 nitrogen and oxygen atoms in total. The quantitative estimate of drug-likeness (QED) is 0.177. The summed E-state index contributed by atoms with van der Waals surface area (Å²) in [6.07, 6.45) is 0. The van der Waals surface area contributed by atoms with Crippen molar-refractivity contribution in [1.82, 2.24) is 0 Å². The van der Waals surface area contributed by atoms with Crippen LogP contribution >= 0.6 is 0 Å². The second-order valence-corrected chi connectivity index (χ2v) is 18.4. The van der Waals surface area contributed by atoms with Crippen LogP contribution in [0, 0.1) is 0 Å². The Labute approximate surface area is 302 Å². The van der Waals surface area contributed by atoms with E-state index in [2.05, 4.69) is 204 Å². The number of benzene rings is 6. The maximum absolute atomic E-state index is 2.36. The summed E-state index contributed by atoms with van der Waals surface area (Å²) in [5.41, 5.74) is 15.8. The van der Waals surface area contributed by atoms with Crippen LogP contribution in [0.5, 0.6) is 0 Å². The Bertz CT molecular complexity index is 1800. The largest absolute Gasteiger partial charge is 0.0579 e. The highest BCUT2D eigenvalue weighted by molar-refractivity contribution is 6.17. The summed E-state index contributed by atoms with van der Waals surface area (Å²) in [5.74, 6) is 0. The van der Waals surface area contributed by atoms with Crippen LogP contribution in [0.1, 0.15) is 105 Å². The Hall–Kier alpha value is -4.42. The minimum atomic E-state index is 0.0933. The molecule has 0 unspecified atom stereocenters. The molecule has 0 saturated heterocycles. The van der Waals surface area contributed by atoms with Crippen molar-refractivity contribution >= 4 is 10.8 Å². The maximum Gasteiger partial charge on any atom is -0.00143 e. The van der Waals surface area contributed by atoms with Gasteiger partial charge in [-0.05, 0) is 99.2 Å². The van der Waals surface area contributed by atoms with Crippen molar-refractivity contribution in [3.05, 3.63) is 144 Å². The molecule has 0 atom stereocenters. The lowest BCUT2D eigenvalue weighted by Gasteiger charge is -2.23. The molecule has 0 aliphatic rings. The highest BCUT2D eigenvalue weighted by Gasteiger charge is 2.22. The molecule has 0 saturated carbocycles. The molecule has 0 heteroatoms. The third kappa shape index (κ3) is 7.09. The average molecular weight is 657 g/mol. The van der Waals surface area contributed by atoms with Crippen molar-refractivity contribution in [2.24, 2.45) is 0 Å². The predicted octanol–water partition coefficient (Wildman–Crippen LogP) is 14.7. The lowest BCUT2D eigenvalue weighted by Crippen LogP contribution is -2.10. The van der Waals surface area contributed by atoms with Crippen molar-refractivity contribution in [1.29, 1.82) is 0 Å². The summed E-state index contributed by atoms with van der Waals surface area (Å²) in [6.45, 7) is 27.4. The van der Waals surface area contributed by atoms with Crippen LogP contribution < -0.4 is 0 Å². The SMILES string of the molecule is CC(C)(C)c1ccc(-c2ccc(-c3ccc(C(C)(C)C)cc3)c3c(-c4ccc(C(C)(C)C)cc4)ccc(-c4ccc(C(C)(C)C)cc4)c23)cc1. The van der Waals surface area contributed by atoms with Gasteiger partial charge in [0.2, 0.25) is 0 Å². The fourth-order valence-electron chi connectivity index (χ4n) is 7.06. The van der Waals surface area contributed by atoms with Gasteiger partial charge in [0.15, 0.2) is 0 Å². The highest BCUT2D eigenvalue weighted by atomic mass is 14.3. The molecule has 0 fully saturated rings. The van der Waals surface area contributed by atoms with Gasteiger partial charge in [-0.15, -0.1) is 0 Å². The minimum Gasteiger partial charge on any atom is -0.0579 e. The molecule has 0 N–H and O–H groups in total. The molecule has 256 valence electrons. The molecule has 0 heterocycles. The van der Waals surface area contributed by atoms with E-state index in [1.807, 2.05) is 0 Å². The minimum absolute atomic E-state index is 0.0933.